The molecular weight excluding hydrogens is 347 g/mol. The Morgan fingerprint density at radius 3 is 2.35 bits per heavy atom. The number of rotatable bonds is 8. The molecule has 7 heteroatoms. The van der Waals surface area contributed by atoms with Crippen molar-refractivity contribution in [3.8, 4) is 0 Å². The number of ether oxygens (including phenoxy) is 1. The third-order valence-electron chi connectivity index (χ3n) is 6.59. The van der Waals surface area contributed by atoms with E-state index in [9.17, 15) is 22.8 Å². The lowest BCUT2D eigenvalue weighted by molar-refractivity contribution is -0.179. The van der Waals surface area contributed by atoms with E-state index in [2.05, 4.69) is 23.9 Å². The van der Waals surface area contributed by atoms with E-state index in [1.54, 1.807) is 0 Å². The summed E-state index contributed by atoms with van der Waals surface area (Å²) in [6, 6.07) is -0.379. The van der Waals surface area contributed by atoms with Crippen LogP contribution in [0.1, 0.15) is 65.2 Å². The van der Waals surface area contributed by atoms with E-state index >= 15 is 0 Å². The number of fused-ring (bicyclic) bond motifs is 2. The SMILES string of the molecule is COC(=O)CCCCCC[C@H]1C2CC(C[C@@H]1NC(=O)C(F)(F)F)C2(C)C. The maximum atomic E-state index is 12.6. The average Bonchev–Trinajstić information content (AvgIpc) is 2.57. The maximum absolute atomic E-state index is 12.6. The second-order valence-electron chi connectivity index (χ2n) is 8.37. The average molecular weight is 377 g/mol. The van der Waals surface area contributed by atoms with Gasteiger partial charge in [0.1, 0.15) is 0 Å². The topological polar surface area (TPSA) is 55.4 Å². The molecule has 1 amide bonds. The zero-order valence-electron chi connectivity index (χ0n) is 15.8. The molecule has 0 radical (unpaired) electrons. The second-order valence-corrected chi connectivity index (χ2v) is 8.37. The smallest absolute Gasteiger partial charge is 0.469 e. The molecule has 3 rings (SSSR count). The van der Waals surface area contributed by atoms with Crippen LogP contribution in [0.15, 0.2) is 0 Å². The monoisotopic (exact) mass is 377 g/mol. The van der Waals surface area contributed by atoms with Gasteiger partial charge in [0.2, 0.25) is 0 Å². The molecule has 0 aromatic heterocycles. The Hall–Kier alpha value is -1.27. The Morgan fingerprint density at radius 1 is 1.12 bits per heavy atom. The van der Waals surface area contributed by atoms with E-state index in [-0.39, 0.29) is 23.3 Å². The minimum atomic E-state index is -4.82. The molecule has 2 unspecified atom stereocenters. The first-order valence-corrected chi connectivity index (χ1v) is 9.52. The summed E-state index contributed by atoms with van der Waals surface area (Å²) >= 11 is 0. The number of hydrogen-bond acceptors (Lipinski definition) is 3. The lowest BCUT2D eigenvalue weighted by atomic mass is 9.44. The summed E-state index contributed by atoms with van der Waals surface area (Å²) in [5, 5.41) is 2.26. The summed E-state index contributed by atoms with van der Waals surface area (Å²) in [5.74, 6) is -1.17. The Morgan fingerprint density at radius 2 is 1.77 bits per heavy atom. The minimum absolute atomic E-state index is 0.0990. The number of esters is 1. The van der Waals surface area contributed by atoms with Crippen molar-refractivity contribution in [2.45, 2.75) is 77.4 Å². The molecule has 2 bridgehead atoms. The number of methoxy groups -OCH3 is 1. The van der Waals surface area contributed by atoms with Crippen molar-refractivity contribution in [3.05, 3.63) is 0 Å². The molecule has 3 saturated carbocycles. The van der Waals surface area contributed by atoms with E-state index < -0.39 is 12.1 Å². The van der Waals surface area contributed by atoms with Crippen molar-refractivity contribution in [1.29, 1.82) is 0 Å². The van der Waals surface area contributed by atoms with Gasteiger partial charge in [-0.2, -0.15) is 13.2 Å². The second kappa shape index (κ2) is 8.17. The molecule has 3 aliphatic rings. The molecule has 26 heavy (non-hydrogen) atoms. The lowest BCUT2D eigenvalue weighted by Gasteiger charge is -2.62. The summed E-state index contributed by atoms with van der Waals surface area (Å²) in [5.41, 5.74) is 0.148. The highest BCUT2D eigenvalue weighted by Crippen LogP contribution is 2.62. The minimum Gasteiger partial charge on any atom is -0.469 e. The van der Waals surface area contributed by atoms with Crippen LogP contribution >= 0.6 is 0 Å². The third kappa shape index (κ3) is 4.71. The largest absolute Gasteiger partial charge is 0.471 e. The van der Waals surface area contributed by atoms with Gasteiger partial charge in [-0.15, -0.1) is 0 Å². The van der Waals surface area contributed by atoms with Crippen LogP contribution in [0.5, 0.6) is 0 Å². The number of carbonyl (C=O) groups excluding carboxylic acids is 2. The van der Waals surface area contributed by atoms with E-state index in [1.165, 1.54) is 7.11 Å². The van der Waals surface area contributed by atoms with Gasteiger partial charge in [-0.3, -0.25) is 9.59 Å². The molecule has 150 valence electrons. The van der Waals surface area contributed by atoms with Crippen molar-refractivity contribution in [1.82, 2.24) is 5.32 Å². The van der Waals surface area contributed by atoms with Crippen molar-refractivity contribution in [2.24, 2.45) is 23.2 Å². The van der Waals surface area contributed by atoms with Crippen LogP contribution in [-0.4, -0.2) is 31.2 Å². The van der Waals surface area contributed by atoms with Crippen molar-refractivity contribution >= 4 is 11.9 Å². The number of alkyl halides is 3. The highest BCUT2D eigenvalue weighted by Gasteiger charge is 2.58. The molecule has 3 aliphatic carbocycles. The highest BCUT2D eigenvalue weighted by atomic mass is 19.4. The van der Waals surface area contributed by atoms with Crippen LogP contribution in [0.3, 0.4) is 0 Å². The van der Waals surface area contributed by atoms with Crippen LogP contribution < -0.4 is 5.32 Å². The number of nitrogens with one attached hydrogen (secondary N) is 1. The third-order valence-corrected chi connectivity index (χ3v) is 6.59. The number of halogens is 3. The molecule has 1 N–H and O–H groups in total. The molecule has 4 atom stereocenters. The molecule has 0 aromatic rings. The fraction of sp³-hybridized carbons (Fsp3) is 0.895. The quantitative estimate of drug-likeness (QED) is 0.509. The predicted molar refractivity (Wildman–Crippen MR) is 91.2 cm³/mol. The Kier molecular flexibility index (Phi) is 6.61. The van der Waals surface area contributed by atoms with E-state index in [0.29, 0.717) is 24.7 Å². The van der Waals surface area contributed by atoms with Gasteiger partial charge in [-0.25, -0.2) is 0 Å². The zero-order chi connectivity index (χ0) is 19.5. The normalized spacial score (nSPS) is 29.6. The predicted octanol–water partition coefficient (Wildman–Crippen LogP) is 4.23. The van der Waals surface area contributed by atoms with Crippen molar-refractivity contribution < 1.29 is 27.5 Å². The number of amides is 1. The zero-order valence-corrected chi connectivity index (χ0v) is 15.8. The van der Waals surface area contributed by atoms with Crippen LogP contribution in [0.4, 0.5) is 13.2 Å². The fourth-order valence-electron chi connectivity index (χ4n) is 4.87. The summed E-state index contributed by atoms with van der Waals surface area (Å²) in [6.07, 6.45) is 1.60. The molecule has 0 saturated heterocycles. The van der Waals surface area contributed by atoms with Gasteiger partial charge in [0.05, 0.1) is 7.11 Å². The maximum Gasteiger partial charge on any atom is 0.471 e. The first kappa shape index (κ1) is 21.0. The number of carbonyl (C=O) groups is 2. The Labute approximate surface area is 153 Å². The Balaban J connectivity index is 1.84. The van der Waals surface area contributed by atoms with Gasteiger partial charge >= 0.3 is 18.1 Å². The van der Waals surface area contributed by atoms with E-state index in [1.807, 2.05) is 0 Å². The van der Waals surface area contributed by atoms with Crippen LogP contribution in [0, 0.1) is 23.2 Å². The highest BCUT2D eigenvalue weighted by molar-refractivity contribution is 5.82. The molecule has 3 fully saturated rings. The lowest BCUT2D eigenvalue weighted by Crippen LogP contribution is -2.62. The molecule has 0 spiro atoms. The number of unbranched alkanes of at least 4 members (excludes halogenated alkanes) is 3. The van der Waals surface area contributed by atoms with Crippen LogP contribution in [0.2, 0.25) is 0 Å². The van der Waals surface area contributed by atoms with Gasteiger partial charge in [0, 0.05) is 12.5 Å². The van der Waals surface area contributed by atoms with Crippen molar-refractivity contribution in [2.75, 3.05) is 7.11 Å². The van der Waals surface area contributed by atoms with Crippen LogP contribution in [0.25, 0.3) is 0 Å². The molecule has 0 aliphatic heterocycles. The van der Waals surface area contributed by atoms with E-state index in [0.717, 1.165) is 38.5 Å². The van der Waals surface area contributed by atoms with Gasteiger partial charge < -0.3 is 10.1 Å². The van der Waals surface area contributed by atoms with Crippen molar-refractivity contribution in [3.63, 3.8) is 0 Å². The summed E-state index contributed by atoms with van der Waals surface area (Å²) < 4.78 is 42.5. The van der Waals surface area contributed by atoms with Gasteiger partial charge in [-0.1, -0.05) is 33.1 Å². The molecule has 0 aromatic carbocycles. The summed E-state index contributed by atoms with van der Waals surface area (Å²) in [7, 11) is 1.37. The summed E-state index contributed by atoms with van der Waals surface area (Å²) in [6.45, 7) is 4.38. The molecule has 4 nitrogen and oxygen atoms in total. The van der Waals surface area contributed by atoms with Gasteiger partial charge in [0.25, 0.3) is 0 Å². The van der Waals surface area contributed by atoms with Gasteiger partial charge in [-0.05, 0) is 48.9 Å². The fourth-order valence-corrected chi connectivity index (χ4v) is 4.87. The molecular formula is C19H30F3NO3. The first-order valence-electron chi connectivity index (χ1n) is 9.52. The first-order chi connectivity index (χ1) is 12.1. The number of hydrogen-bond donors (Lipinski definition) is 1. The molecule has 0 heterocycles. The van der Waals surface area contributed by atoms with Gasteiger partial charge in [0.15, 0.2) is 0 Å². The Bertz CT molecular complexity index is 519. The standard InChI is InChI=1S/C19H30F3NO3/c1-18(2)12-10-14(18)13(8-6-4-5-7-9-16(24)26-3)15(11-12)23-17(25)19(20,21)22/h12-15H,4-11H2,1-3H3,(H,23,25)/t12?,13-,14?,15-/m0/s1. The summed E-state index contributed by atoms with van der Waals surface area (Å²) in [4.78, 5) is 22.5. The van der Waals surface area contributed by atoms with E-state index in [4.69, 9.17) is 0 Å². The van der Waals surface area contributed by atoms with Crippen LogP contribution in [-0.2, 0) is 14.3 Å².